The normalized spacial score (nSPS) is 11.2. The van der Waals surface area contributed by atoms with Crippen molar-refractivity contribution in [2.24, 2.45) is 5.41 Å². The van der Waals surface area contributed by atoms with E-state index in [2.05, 4.69) is 20.8 Å². The maximum absolute atomic E-state index is 13.1. The van der Waals surface area contributed by atoms with E-state index in [9.17, 15) is 4.39 Å². The summed E-state index contributed by atoms with van der Waals surface area (Å²) in [6, 6.07) is 6.20. The molecule has 0 saturated heterocycles. The molecule has 0 aromatic heterocycles. The number of benzene rings is 1. The van der Waals surface area contributed by atoms with E-state index in [1.54, 1.807) is 6.07 Å². The molecule has 0 saturated carbocycles. The molecule has 1 aromatic carbocycles. The summed E-state index contributed by atoms with van der Waals surface area (Å²) in [7, 11) is 0. The second kappa shape index (κ2) is 5.79. The molecule has 0 aliphatic heterocycles. The van der Waals surface area contributed by atoms with E-state index in [0.717, 1.165) is 6.42 Å². The number of rotatable bonds is 4. The zero-order valence-corrected chi connectivity index (χ0v) is 10.6. The molecule has 0 aliphatic carbocycles. The van der Waals surface area contributed by atoms with Crippen molar-refractivity contribution in [3.05, 3.63) is 35.1 Å². The minimum absolute atomic E-state index is 0.236. The Hall–Kier alpha value is -1.40. The third-order valence-electron chi connectivity index (χ3n) is 2.35. The Morgan fingerprint density at radius 2 is 2.00 bits per heavy atom. The molecule has 0 aliphatic rings. The van der Waals surface area contributed by atoms with Gasteiger partial charge in [0, 0.05) is 6.61 Å². The molecule has 0 radical (unpaired) electrons. The first-order valence-electron chi connectivity index (χ1n) is 5.68. The zero-order chi connectivity index (χ0) is 12.9. The van der Waals surface area contributed by atoms with E-state index < -0.39 is 5.82 Å². The third kappa shape index (κ3) is 5.46. The molecule has 1 rings (SSSR count). The molecule has 0 fully saturated rings. The van der Waals surface area contributed by atoms with Crippen LogP contribution in [0.5, 0.6) is 0 Å². The fraction of sp³-hybridized carbons (Fsp3) is 0.500. The highest BCUT2D eigenvalue weighted by Gasteiger charge is 2.09. The van der Waals surface area contributed by atoms with Gasteiger partial charge in [-0.3, -0.25) is 0 Å². The number of hydrogen-bond acceptors (Lipinski definition) is 2. The van der Waals surface area contributed by atoms with Crippen LogP contribution < -0.4 is 0 Å². The largest absolute Gasteiger partial charge is 0.377 e. The van der Waals surface area contributed by atoms with E-state index in [4.69, 9.17) is 10.00 Å². The lowest BCUT2D eigenvalue weighted by atomic mass is 9.93. The highest BCUT2D eigenvalue weighted by molar-refractivity contribution is 5.33. The van der Waals surface area contributed by atoms with Crippen LogP contribution in [0, 0.1) is 22.6 Å². The molecular weight excluding hydrogens is 217 g/mol. The Bertz CT molecular complexity index is 415. The smallest absolute Gasteiger partial charge is 0.124 e. The fourth-order valence-corrected chi connectivity index (χ4v) is 1.37. The van der Waals surface area contributed by atoms with Crippen LogP contribution in [0.3, 0.4) is 0 Å². The number of nitrogens with zero attached hydrogens (tertiary/aromatic N) is 1. The van der Waals surface area contributed by atoms with Gasteiger partial charge in [0.2, 0.25) is 0 Å². The average molecular weight is 235 g/mol. The topological polar surface area (TPSA) is 33.0 Å². The maximum atomic E-state index is 13.1. The molecule has 0 amide bonds. The summed E-state index contributed by atoms with van der Waals surface area (Å²) < 4.78 is 18.6. The lowest BCUT2D eigenvalue weighted by molar-refractivity contribution is 0.0960. The Kier molecular flexibility index (Phi) is 4.65. The van der Waals surface area contributed by atoms with E-state index in [-0.39, 0.29) is 5.41 Å². The molecule has 3 heteroatoms. The monoisotopic (exact) mass is 235 g/mol. The summed E-state index contributed by atoms with van der Waals surface area (Å²) in [4.78, 5) is 0. The summed E-state index contributed by atoms with van der Waals surface area (Å²) in [6.45, 7) is 7.43. The third-order valence-corrected chi connectivity index (χ3v) is 2.35. The van der Waals surface area contributed by atoms with Gasteiger partial charge in [-0.05, 0) is 35.6 Å². The van der Waals surface area contributed by atoms with E-state index in [1.807, 2.05) is 6.07 Å². The summed E-state index contributed by atoms with van der Waals surface area (Å²) in [5.41, 5.74) is 1.27. The van der Waals surface area contributed by atoms with Crippen molar-refractivity contribution in [3.8, 4) is 6.07 Å². The predicted molar refractivity (Wildman–Crippen MR) is 64.8 cm³/mol. The fourth-order valence-electron chi connectivity index (χ4n) is 1.37. The van der Waals surface area contributed by atoms with Crippen molar-refractivity contribution in [2.75, 3.05) is 6.61 Å². The lowest BCUT2D eigenvalue weighted by Crippen LogP contribution is -2.09. The summed E-state index contributed by atoms with van der Waals surface area (Å²) in [5, 5.41) is 8.71. The lowest BCUT2D eigenvalue weighted by Gasteiger charge is -2.17. The highest BCUT2D eigenvalue weighted by atomic mass is 19.1. The number of halogens is 1. The van der Waals surface area contributed by atoms with Crippen LogP contribution in [0.15, 0.2) is 18.2 Å². The van der Waals surface area contributed by atoms with Gasteiger partial charge >= 0.3 is 0 Å². The predicted octanol–water partition coefficient (Wildman–Crippen LogP) is 3.65. The first-order valence-corrected chi connectivity index (χ1v) is 5.68. The number of hydrogen-bond donors (Lipinski definition) is 0. The van der Waals surface area contributed by atoms with Gasteiger partial charge in [0.1, 0.15) is 5.82 Å². The molecule has 17 heavy (non-hydrogen) atoms. The first kappa shape index (κ1) is 13.7. The molecule has 1 aromatic rings. The Balaban J connectivity index is 2.47. The van der Waals surface area contributed by atoms with Crippen molar-refractivity contribution in [1.29, 1.82) is 5.26 Å². The van der Waals surface area contributed by atoms with Gasteiger partial charge in [0.15, 0.2) is 0 Å². The minimum atomic E-state index is -0.390. The van der Waals surface area contributed by atoms with Crippen LogP contribution in [0.2, 0.25) is 0 Å². The van der Waals surface area contributed by atoms with Crippen LogP contribution >= 0.6 is 0 Å². The molecule has 0 bridgehead atoms. The molecule has 0 N–H and O–H groups in total. The standard InChI is InChI=1S/C14H18FNO/c1-14(2,3)4-5-17-10-12-6-11(9-16)7-13(15)8-12/h6-8H,4-5,10H2,1-3H3. The van der Waals surface area contributed by atoms with Crippen molar-refractivity contribution in [3.63, 3.8) is 0 Å². The minimum Gasteiger partial charge on any atom is -0.377 e. The summed E-state index contributed by atoms with van der Waals surface area (Å²) in [6.07, 6.45) is 0.952. The van der Waals surface area contributed by atoms with Gasteiger partial charge in [-0.25, -0.2) is 4.39 Å². The van der Waals surface area contributed by atoms with Gasteiger partial charge in [-0.2, -0.15) is 5.26 Å². The van der Waals surface area contributed by atoms with Crippen molar-refractivity contribution >= 4 is 0 Å². The Labute approximate surface area is 102 Å². The van der Waals surface area contributed by atoms with E-state index in [0.29, 0.717) is 24.3 Å². The van der Waals surface area contributed by atoms with Crippen molar-refractivity contribution in [2.45, 2.75) is 33.8 Å². The van der Waals surface area contributed by atoms with E-state index >= 15 is 0 Å². The quantitative estimate of drug-likeness (QED) is 0.746. The molecular formula is C14H18FNO. The van der Waals surface area contributed by atoms with Crippen LogP contribution in [0.25, 0.3) is 0 Å². The second-order valence-corrected chi connectivity index (χ2v) is 5.32. The van der Waals surface area contributed by atoms with Crippen molar-refractivity contribution < 1.29 is 9.13 Å². The number of nitriles is 1. The molecule has 0 unspecified atom stereocenters. The summed E-state index contributed by atoms with van der Waals surface area (Å²) >= 11 is 0. The SMILES string of the molecule is CC(C)(C)CCOCc1cc(F)cc(C#N)c1. The zero-order valence-electron chi connectivity index (χ0n) is 10.6. The Morgan fingerprint density at radius 3 is 2.59 bits per heavy atom. The van der Waals surface area contributed by atoms with Crippen molar-refractivity contribution in [1.82, 2.24) is 0 Å². The van der Waals surface area contributed by atoms with Gasteiger partial charge in [0.05, 0.1) is 18.2 Å². The van der Waals surface area contributed by atoms with Crippen LogP contribution in [-0.4, -0.2) is 6.61 Å². The Morgan fingerprint density at radius 1 is 1.29 bits per heavy atom. The number of ether oxygens (including phenoxy) is 1. The molecule has 0 heterocycles. The van der Waals surface area contributed by atoms with Gasteiger partial charge in [-0.15, -0.1) is 0 Å². The van der Waals surface area contributed by atoms with Gasteiger partial charge in [-0.1, -0.05) is 20.8 Å². The van der Waals surface area contributed by atoms with E-state index in [1.165, 1.54) is 12.1 Å². The van der Waals surface area contributed by atoms with Crippen LogP contribution in [-0.2, 0) is 11.3 Å². The van der Waals surface area contributed by atoms with Gasteiger partial charge < -0.3 is 4.74 Å². The molecule has 92 valence electrons. The average Bonchev–Trinajstić information content (AvgIpc) is 2.22. The maximum Gasteiger partial charge on any atom is 0.124 e. The second-order valence-electron chi connectivity index (χ2n) is 5.32. The van der Waals surface area contributed by atoms with Crippen LogP contribution in [0.4, 0.5) is 4.39 Å². The molecule has 0 atom stereocenters. The van der Waals surface area contributed by atoms with Crippen LogP contribution in [0.1, 0.15) is 38.3 Å². The summed E-state index contributed by atoms with van der Waals surface area (Å²) in [5.74, 6) is -0.390. The molecule has 2 nitrogen and oxygen atoms in total. The first-order chi connectivity index (χ1) is 7.90. The molecule has 0 spiro atoms. The highest BCUT2D eigenvalue weighted by Crippen LogP contribution is 2.18. The van der Waals surface area contributed by atoms with Gasteiger partial charge in [0.25, 0.3) is 0 Å².